The summed E-state index contributed by atoms with van der Waals surface area (Å²) in [4.78, 5) is 18.3. The van der Waals surface area contributed by atoms with Gasteiger partial charge in [-0.1, -0.05) is 12.1 Å². The van der Waals surface area contributed by atoms with Gasteiger partial charge in [-0.05, 0) is 49.2 Å². The highest BCUT2D eigenvalue weighted by Crippen LogP contribution is 2.29. The number of carbonyl (C=O) groups excluding carboxylic acids is 1. The van der Waals surface area contributed by atoms with Gasteiger partial charge in [-0.15, -0.1) is 0 Å². The lowest BCUT2D eigenvalue weighted by Crippen LogP contribution is -2.29. The van der Waals surface area contributed by atoms with E-state index in [0.29, 0.717) is 24.6 Å². The number of amides is 1. The molecule has 0 fully saturated rings. The summed E-state index contributed by atoms with van der Waals surface area (Å²) in [5.41, 5.74) is 1.74. The van der Waals surface area contributed by atoms with Crippen LogP contribution < -0.4 is 9.47 Å². The third-order valence-corrected chi connectivity index (χ3v) is 3.87. The Morgan fingerprint density at radius 2 is 2.14 bits per heavy atom. The maximum absolute atomic E-state index is 12.6. The number of rotatable bonds is 9. The normalized spacial score (nSPS) is 10.7. The van der Waals surface area contributed by atoms with Crippen molar-refractivity contribution in [2.24, 2.45) is 0 Å². The quantitative estimate of drug-likeness (QED) is 0.619. The minimum atomic E-state index is -0.166. The van der Waals surface area contributed by atoms with Gasteiger partial charge in [-0.2, -0.15) is 5.26 Å². The van der Waals surface area contributed by atoms with Crippen molar-refractivity contribution in [1.82, 2.24) is 9.88 Å². The number of hydrogen-bond donors (Lipinski definition) is 0. The lowest BCUT2D eigenvalue weighted by molar-refractivity contribution is -0.126. The molecule has 0 atom stereocenters. The molecule has 1 aromatic carbocycles. The summed E-state index contributed by atoms with van der Waals surface area (Å²) in [5, 5.41) is 8.87. The molecular formula is C22H25N3O3. The average Bonchev–Trinajstić information content (AvgIpc) is 2.70. The fraction of sp³-hybridized carbons (Fsp3) is 0.318. The molecule has 0 bridgehead atoms. The molecule has 0 aliphatic rings. The summed E-state index contributed by atoms with van der Waals surface area (Å²) < 4.78 is 11.1. The summed E-state index contributed by atoms with van der Waals surface area (Å²) in [5.74, 6) is 1.11. The van der Waals surface area contributed by atoms with Gasteiger partial charge in [0.25, 0.3) is 0 Å². The summed E-state index contributed by atoms with van der Waals surface area (Å²) in [7, 11) is 1.58. The minimum Gasteiger partial charge on any atom is -0.493 e. The minimum absolute atomic E-state index is 0.0399. The van der Waals surface area contributed by atoms with Gasteiger partial charge in [0.15, 0.2) is 11.5 Å². The number of hydrogen-bond acceptors (Lipinski definition) is 5. The lowest BCUT2D eigenvalue weighted by Gasteiger charge is -2.20. The van der Waals surface area contributed by atoms with Gasteiger partial charge in [0.05, 0.1) is 25.7 Å². The Morgan fingerprint density at radius 3 is 2.79 bits per heavy atom. The molecule has 0 radical (unpaired) electrons. The molecule has 0 spiro atoms. The molecule has 0 N–H and O–H groups in total. The van der Waals surface area contributed by atoms with Crippen LogP contribution in [0.3, 0.4) is 0 Å². The van der Waals surface area contributed by atoms with Crippen molar-refractivity contribution in [3.8, 4) is 17.6 Å². The molecule has 1 amide bonds. The van der Waals surface area contributed by atoms with Crippen LogP contribution in [0.5, 0.6) is 11.5 Å². The van der Waals surface area contributed by atoms with Crippen molar-refractivity contribution in [3.63, 3.8) is 0 Å². The number of aromatic nitrogens is 1. The van der Waals surface area contributed by atoms with Crippen LogP contribution in [-0.4, -0.2) is 35.5 Å². The zero-order valence-electron chi connectivity index (χ0n) is 16.5. The first-order chi connectivity index (χ1) is 13.5. The first kappa shape index (κ1) is 21.0. The van der Waals surface area contributed by atoms with Crippen molar-refractivity contribution < 1.29 is 14.3 Å². The lowest BCUT2D eigenvalue weighted by atomic mass is 10.1. The number of nitriles is 1. The molecule has 28 heavy (non-hydrogen) atoms. The second kappa shape index (κ2) is 10.7. The van der Waals surface area contributed by atoms with E-state index in [0.717, 1.165) is 11.1 Å². The highest BCUT2D eigenvalue weighted by Gasteiger charge is 2.12. The summed E-state index contributed by atoms with van der Waals surface area (Å²) in [6, 6.07) is 11.3. The summed E-state index contributed by atoms with van der Waals surface area (Å²) >= 11 is 0. The summed E-state index contributed by atoms with van der Waals surface area (Å²) in [6.45, 7) is 4.66. The monoisotopic (exact) mass is 379 g/mol. The third kappa shape index (κ3) is 6.44. The topological polar surface area (TPSA) is 75.5 Å². The first-order valence-electron chi connectivity index (χ1n) is 9.11. The van der Waals surface area contributed by atoms with E-state index in [-0.39, 0.29) is 18.4 Å². The van der Waals surface area contributed by atoms with Gasteiger partial charge < -0.3 is 14.4 Å². The third-order valence-electron chi connectivity index (χ3n) is 3.87. The summed E-state index contributed by atoms with van der Waals surface area (Å²) in [6.07, 6.45) is 6.95. The molecule has 0 saturated heterocycles. The number of carbonyl (C=O) groups is 1. The Balaban J connectivity index is 2.13. The Kier molecular flexibility index (Phi) is 8.04. The van der Waals surface area contributed by atoms with Gasteiger partial charge in [-0.25, -0.2) is 0 Å². The molecular weight excluding hydrogens is 354 g/mol. The van der Waals surface area contributed by atoms with E-state index >= 15 is 0 Å². The standard InChI is InChI=1S/C22H25N3O3/c1-17(2)28-20-9-7-18(14-21(20)27-3)8-10-22(26)25(13-5-11-23)16-19-6-4-12-24-15-19/h4,6-10,12,14-15,17H,5,13,16H2,1-3H3/b10-8+. The van der Waals surface area contributed by atoms with E-state index in [4.69, 9.17) is 14.7 Å². The molecule has 6 nitrogen and oxygen atoms in total. The van der Waals surface area contributed by atoms with E-state index < -0.39 is 0 Å². The first-order valence-corrected chi connectivity index (χ1v) is 9.11. The maximum Gasteiger partial charge on any atom is 0.246 e. The molecule has 2 aromatic rings. The Morgan fingerprint density at radius 1 is 1.32 bits per heavy atom. The molecule has 1 heterocycles. The molecule has 0 unspecified atom stereocenters. The van der Waals surface area contributed by atoms with Gasteiger partial charge in [0.1, 0.15) is 0 Å². The molecule has 146 valence electrons. The number of nitrogens with zero attached hydrogens (tertiary/aromatic N) is 3. The second-order valence-corrected chi connectivity index (χ2v) is 6.44. The van der Waals surface area contributed by atoms with Crippen LogP contribution in [-0.2, 0) is 11.3 Å². The molecule has 1 aromatic heterocycles. The smallest absolute Gasteiger partial charge is 0.246 e. The van der Waals surface area contributed by atoms with E-state index in [2.05, 4.69) is 11.1 Å². The van der Waals surface area contributed by atoms with E-state index in [1.807, 2.05) is 44.2 Å². The average molecular weight is 379 g/mol. The van der Waals surface area contributed by atoms with Crippen LogP contribution in [0.2, 0.25) is 0 Å². The largest absolute Gasteiger partial charge is 0.493 e. The van der Waals surface area contributed by atoms with Gasteiger partial charge >= 0.3 is 0 Å². The van der Waals surface area contributed by atoms with Crippen LogP contribution in [0, 0.1) is 11.3 Å². The zero-order valence-corrected chi connectivity index (χ0v) is 16.5. The number of pyridine rings is 1. The van der Waals surface area contributed by atoms with E-state index in [1.165, 1.54) is 6.08 Å². The molecule has 0 aliphatic carbocycles. The predicted molar refractivity (Wildman–Crippen MR) is 108 cm³/mol. The number of ether oxygens (including phenoxy) is 2. The number of benzene rings is 1. The SMILES string of the molecule is COc1cc(/C=C/C(=O)N(CCC#N)Cc2cccnc2)ccc1OC(C)C. The van der Waals surface area contributed by atoms with Crippen molar-refractivity contribution >= 4 is 12.0 Å². The van der Waals surface area contributed by atoms with E-state index in [1.54, 1.807) is 30.5 Å². The highest BCUT2D eigenvalue weighted by molar-refractivity contribution is 5.91. The van der Waals surface area contributed by atoms with Crippen molar-refractivity contribution in [2.75, 3.05) is 13.7 Å². The van der Waals surface area contributed by atoms with Crippen LogP contribution in [0.15, 0.2) is 48.8 Å². The molecule has 0 saturated carbocycles. The highest BCUT2D eigenvalue weighted by atomic mass is 16.5. The fourth-order valence-electron chi connectivity index (χ4n) is 2.58. The Hall–Kier alpha value is -3.33. The molecule has 2 rings (SSSR count). The van der Waals surface area contributed by atoms with Crippen molar-refractivity contribution in [2.45, 2.75) is 32.9 Å². The van der Waals surface area contributed by atoms with Gasteiger partial charge in [-0.3, -0.25) is 9.78 Å². The van der Waals surface area contributed by atoms with Crippen LogP contribution in [0.1, 0.15) is 31.4 Å². The van der Waals surface area contributed by atoms with Crippen LogP contribution >= 0.6 is 0 Å². The van der Waals surface area contributed by atoms with Crippen molar-refractivity contribution in [3.05, 3.63) is 59.9 Å². The molecule has 0 aliphatic heterocycles. The van der Waals surface area contributed by atoms with Gasteiger partial charge in [0, 0.05) is 31.6 Å². The second-order valence-electron chi connectivity index (χ2n) is 6.44. The molecule has 6 heteroatoms. The number of methoxy groups -OCH3 is 1. The van der Waals surface area contributed by atoms with Crippen LogP contribution in [0.4, 0.5) is 0 Å². The fourth-order valence-corrected chi connectivity index (χ4v) is 2.58. The van der Waals surface area contributed by atoms with Crippen molar-refractivity contribution in [1.29, 1.82) is 5.26 Å². The maximum atomic E-state index is 12.6. The Labute approximate surface area is 166 Å². The predicted octanol–water partition coefficient (Wildman–Crippen LogP) is 3.83. The van der Waals surface area contributed by atoms with E-state index in [9.17, 15) is 4.79 Å². The zero-order chi connectivity index (χ0) is 20.4. The van der Waals surface area contributed by atoms with Gasteiger partial charge in [0.2, 0.25) is 5.91 Å². The van der Waals surface area contributed by atoms with Crippen LogP contribution in [0.25, 0.3) is 6.08 Å². The Bertz CT molecular complexity index is 842.